The molecule has 0 atom stereocenters. The molecular formula is C18H29FIN3O. The molecule has 0 spiro atoms. The monoisotopic (exact) mass is 449 g/mol. The van der Waals surface area contributed by atoms with Gasteiger partial charge < -0.3 is 15.4 Å². The lowest BCUT2D eigenvalue weighted by atomic mass is 9.74. The van der Waals surface area contributed by atoms with Crippen LogP contribution >= 0.6 is 24.0 Å². The van der Waals surface area contributed by atoms with Gasteiger partial charge in [-0.25, -0.2) is 4.39 Å². The van der Waals surface area contributed by atoms with Crippen molar-refractivity contribution in [2.75, 3.05) is 32.8 Å². The molecule has 1 heterocycles. The van der Waals surface area contributed by atoms with Crippen LogP contribution in [0.3, 0.4) is 0 Å². The molecule has 0 aromatic heterocycles. The highest BCUT2D eigenvalue weighted by molar-refractivity contribution is 14.0. The first-order chi connectivity index (χ1) is 11.2. The van der Waals surface area contributed by atoms with Crippen LogP contribution in [0.25, 0.3) is 0 Å². The molecule has 1 aromatic rings. The van der Waals surface area contributed by atoms with Crippen LogP contribution in [0.1, 0.15) is 38.7 Å². The quantitative estimate of drug-likeness (QED) is 0.397. The van der Waals surface area contributed by atoms with Crippen molar-refractivity contribution in [2.24, 2.45) is 4.99 Å². The lowest BCUT2D eigenvalue weighted by Crippen LogP contribution is -2.41. The number of rotatable bonds is 6. The Morgan fingerprint density at radius 2 is 1.83 bits per heavy atom. The molecule has 136 valence electrons. The lowest BCUT2D eigenvalue weighted by Gasteiger charge is -2.36. The first-order valence-electron chi connectivity index (χ1n) is 8.56. The summed E-state index contributed by atoms with van der Waals surface area (Å²) < 4.78 is 18.8. The Morgan fingerprint density at radius 3 is 2.42 bits per heavy atom. The second-order valence-electron chi connectivity index (χ2n) is 6.02. The van der Waals surface area contributed by atoms with Gasteiger partial charge in [0.2, 0.25) is 0 Å². The number of ether oxygens (including phenoxy) is 1. The van der Waals surface area contributed by atoms with Crippen LogP contribution in [-0.4, -0.2) is 38.8 Å². The van der Waals surface area contributed by atoms with E-state index in [1.165, 1.54) is 12.1 Å². The molecule has 0 amide bonds. The van der Waals surface area contributed by atoms with E-state index in [-0.39, 0.29) is 35.2 Å². The fourth-order valence-electron chi connectivity index (χ4n) is 2.92. The molecule has 0 radical (unpaired) electrons. The highest BCUT2D eigenvalue weighted by Gasteiger charge is 2.34. The molecule has 1 saturated heterocycles. The maximum atomic E-state index is 13.3. The van der Waals surface area contributed by atoms with Gasteiger partial charge >= 0.3 is 0 Å². The van der Waals surface area contributed by atoms with Crippen LogP contribution in [0.15, 0.2) is 29.3 Å². The zero-order valence-electron chi connectivity index (χ0n) is 14.6. The molecule has 0 saturated carbocycles. The van der Waals surface area contributed by atoms with Crippen molar-refractivity contribution in [1.82, 2.24) is 10.6 Å². The Bertz CT molecular complexity index is 501. The van der Waals surface area contributed by atoms with E-state index in [1.807, 2.05) is 12.1 Å². The summed E-state index contributed by atoms with van der Waals surface area (Å²) in [5, 5.41) is 6.62. The summed E-state index contributed by atoms with van der Waals surface area (Å²) in [6, 6.07) is 6.86. The lowest BCUT2D eigenvalue weighted by molar-refractivity contribution is 0.0531. The van der Waals surface area contributed by atoms with Gasteiger partial charge in [0.05, 0.1) is 6.54 Å². The van der Waals surface area contributed by atoms with Crippen molar-refractivity contribution >= 4 is 29.9 Å². The summed E-state index contributed by atoms with van der Waals surface area (Å²) in [5.74, 6) is 0.653. The van der Waals surface area contributed by atoms with Crippen LogP contribution in [-0.2, 0) is 10.2 Å². The standard InChI is InChI=1S/C18H28FN3O.HI/c1-3-11-21-17(20-4-2)22-14-18(9-12-23-13-10-18)15-5-7-16(19)8-6-15;/h5-8H,3-4,9-14H2,1-2H3,(H2,20,21,22);1H. The normalized spacial score (nSPS) is 17.0. The minimum atomic E-state index is -0.197. The molecule has 2 rings (SSSR count). The molecule has 1 aliphatic heterocycles. The fourth-order valence-corrected chi connectivity index (χ4v) is 2.92. The highest BCUT2D eigenvalue weighted by atomic mass is 127. The second kappa shape index (κ2) is 10.9. The van der Waals surface area contributed by atoms with Crippen molar-refractivity contribution in [3.8, 4) is 0 Å². The van der Waals surface area contributed by atoms with Crippen molar-refractivity contribution in [2.45, 2.75) is 38.5 Å². The third kappa shape index (κ3) is 5.88. The SMILES string of the molecule is CCCNC(=NCC1(c2ccc(F)cc2)CCOCC1)NCC.I. The molecule has 0 bridgehead atoms. The maximum absolute atomic E-state index is 13.3. The molecule has 0 aliphatic carbocycles. The molecule has 24 heavy (non-hydrogen) atoms. The van der Waals surface area contributed by atoms with E-state index in [4.69, 9.17) is 9.73 Å². The van der Waals surface area contributed by atoms with Gasteiger partial charge in [-0.3, -0.25) is 4.99 Å². The number of benzene rings is 1. The minimum Gasteiger partial charge on any atom is -0.381 e. The first-order valence-corrected chi connectivity index (χ1v) is 8.56. The number of guanidine groups is 1. The Hall–Kier alpha value is -0.890. The van der Waals surface area contributed by atoms with Gasteiger partial charge in [-0.05, 0) is 43.9 Å². The average molecular weight is 449 g/mol. The van der Waals surface area contributed by atoms with Gasteiger partial charge in [0, 0.05) is 31.7 Å². The van der Waals surface area contributed by atoms with Crippen LogP contribution in [0, 0.1) is 5.82 Å². The summed E-state index contributed by atoms with van der Waals surface area (Å²) in [4.78, 5) is 4.79. The molecular weight excluding hydrogens is 420 g/mol. The minimum absolute atomic E-state index is 0. The Labute approximate surface area is 161 Å². The third-order valence-electron chi connectivity index (χ3n) is 4.33. The van der Waals surface area contributed by atoms with Gasteiger partial charge in [-0.2, -0.15) is 0 Å². The Balaban J connectivity index is 0.00000288. The van der Waals surface area contributed by atoms with Gasteiger partial charge in [0.25, 0.3) is 0 Å². The highest BCUT2D eigenvalue weighted by Crippen LogP contribution is 2.35. The average Bonchev–Trinajstić information content (AvgIpc) is 2.59. The van der Waals surface area contributed by atoms with Crippen molar-refractivity contribution in [1.29, 1.82) is 0 Å². The Morgan fingerprint density at radius 1 is 1.17 bits per heavy atom. The maximum Gasteiger partial charge on any atom is 0.191 e. The van der Waals surface area contributed by atoms with Crippen molar-refractivity contribution < 1.29 is 9.13 Å². The smallest absolute Gasteiger partial charge is 0.191 e. The van der Waals surface area contributed by atoms with Gasteiger partial charge in [-0.15, -0.1) is 24.0 Å². The van der Waals surface area contributed by atoms with Crippen molar-refractivity contribution in [3.63, 3.8) is 0 Å². The zero-order chi connectivity index (χ0) is 16.5. The predicted molar refractivity (Wildman–Crippen MR) is 108 cm³/mol. The molecule has 1 aliphatic rings. The van der Waals surface area contributed by atoms with E-state index in [0.717, 1.165) is 57.1 Å². The van der Waals surface area contributed by atoms with Crippen LogP contribution in [0.5, 0.6) is 0 Å². The molecule has 0 unspecified atom stereocenters. The number of aliphatic imine (C=N–C) groups is 1. The van der Waals surface area contributed by atoms with Crippen LogP contribution in [0.4, 0.5) is 4.39 Å². The van der Waals surface area contributed by atoms with E-state index in [0.29, 0.717) is 6.54 Å². The first kappa shape index (κ1) is 21.2. The van der Waals surface area contributed by atoms with E-state index in [2.05, 4.69) is 24.5 Å². The van der Waals surface area contributed by atoms with E-state index < -0.39 is 0 Å². The van der Waals surface area contributed by atoms with Crippen LogP contribution < -0.4 is 10.6 Å². The molecule has 6 heteroatoms. The second-order valence-corrected chi connectivity index (χ2v) is 6.02. The topological polar surface area (TPSA) is 45.7 Å². The largest absolute Gasteiger partial charge is 0.381 e. The summed E-state index contributed by atoms with van der Waals surface area (Å²) >= 11 is 0. The summed E-state index contributed by atoms with van der Waals surface area (Å²) in [6.45, 7) is 8.07. The zero-order valence-corrected chi connectivity index (χ0v) is 16.9. The van der Waals surface area contributed by atoms with Crippen LogP contribution in [0.2, 0.25) is 0 Å². The predicted octanol–water partition coefficient (Wildman–Crippen LogP) is 3.46. The molecule has 2 N–H and O–H groups in total. The van der Waals surface area contributed by atoms with Gasteiger partial charge in [0.1, 0.15) is 5.82 Å². The number of hydrogen-bond donors (Lipinski definition) is 2. The fraction of sp³-hybridized carbons (Fsp3) is 0.611. The number of hydrogen-bond acceptors (Lipinski definition) is 2. The number of nitrogens with zero attached hydrogens (tertiary/aromatic N) is 1. The van der Waals surface area contributed by atoms with Crippen molar-refractivity contribution in [3.05, 3.63) is 35.6 Å². The summed E-state index contributed by atoms with van der Waals surface area (Å²) in [6.07, 6.45) is 2.88. The summed E-state index contributed by atoms with van der Waals surface area (Å²) in [5.41, 5.74) is 1.08. The number of halogens is 2. The third-order valence-corrected chi connectivity index (χ3v) is 4.33. The van der Waals surface area contributed by atoms with E-state index >= 15 is 0 Å². The van der Waals surface area contributed by atoms with E-state index in [9.17, 15) is 4.39 Å². The molecule has 4 nitrogen and oxygen atoms in total. The molecule has 1 fully saturated rings. The molecule has 1 aromatic carbocycles. The summed E-state index contributed by atoms with van der Waals surface area (Å²) in [7, 11) is 0. The van der Waals surface area contributed by atoms with E-state index in [1.54, 1.807) is 0 Å². The van der Waals surface area contributed by atoms with Gasteiger partial charge in [-0.1, -0.05) is 19.1 Å². The van der Waals surface area contributed by atoms with Gasteiger partial charge in [0.15, 0.2) is 5.96 Å². The Kier molecular flexibility index (Phi) is 9.58. The number of nitrogens with one attached hydrogen (secondary N) is 2.